The van der Waals surface area contributed by atoms with Gasteiger partial charge in [-0.15, -0.1) is 0 Å². The summed E-state index contributed by atoms with van der Waals surface area (Å²) in [6.07, 6.45) is 0. The van der Waals surface area contributed by atoms with Crippen LogP contribution in [0.5, 0.6) is 0 Å². The number of hydrogen-bond donors (Lipinski definition) is 1. The van der Waals surface area contributed by atoms with Crippen molar-refractivity contribution in [2.75, 3.05) is 5.32 Å². The fraction of sp³-hybridized carbons (Fsp3) is 0.0769. The van der Waals surface area contributed by atoms with E-state index in [1.165, 1.54) is 12.1 Å². The van der Waals surface area contributed by atoms with Crippen molar-refractivity contribution in [3.8, 4) is 0 Å². The van der Waals surface area contributed by atoms with Gasteiger partial charge in [-0.05, 0) is 35.9 Å². The predicted molar refractivity (Wildman–Crippen MR) is 75.2 cm³/mol. The Kier molecular flexibility index (Phi) is 4.33. The number of hydrogen-bond acceptors (Lipinski definition) is 1. The molecule has 1 nitrogen and oxygen atoms in total. The highest BCUT2D eigenvalue weighted by atomic mass is 35.5. The van der Waals surface area contributed by atoms with Crippen LogP contribution in [0.25, 0.3) is 0 Å². The first kappa shape index (κ1) is 13.5. The minimum absolute atomic E-state index is 0.358. The highest BCUT2D eigenvalue weighted by molar-refractivity contribution is 6.39. The normalized spacial score (nSPS) is 10.4. The van der Waals surface area contributed by atoms with Crippen LogP contribution in [0.15, 0.2) is 36.4 Å². The molecule has 2 aromatic rings. The highest BCUT2D eigenvalue weighted by Gasteiger charge is 2.05. The van der Waals surface area contributed by atoms with Gasteiger partial charge in [-0.3, -0.25) is 0 Å². The van der Waals surface area contributed by atoms with E-state index < -0.39 is 0 Å². The van der Waals surface area contributed by atoms with Crippen LogP contribution in [0.2, 0.25) is 15.1 Å². The summed E-state index contributed by atoms with van der Waals surface area (Å²) in [5.74, 6) is -0.371. The van der Waals surface area contributed by atoms with E-state index in [4.69, 9.17) is 34.8 Å². The monoisotopic (exact) mass is 303 g/mol. The largest absolute Gasteiger partial charge is 0.379 e. The zero-order chi connectivity index (χ0) is 13.1. The van der Waals surface area contributed by atoms with E-state index in [9.17, 15) is 4.39 Å². The minimum Gasteiger partial charge on any atom is -0.379 e. The van der Waals surface area contributed by atoms with Gasteiger partial charge in [0.2, 0.25) is 0 Å². The first-order chi connectivity index (χ1) is 8.56. The molecule has 0 heterocycles. The molecular formula is C13H9Cl3FN. The van der Waals surface area contributed by atoms with Crippen molar-refractivity contribution in [2.45, 2.75) is 6.54 Å². The Morgan fingerprint density at radius 3 is 2.28 bits per heavy atom. The summed E-state index contributed by atoms with van der Waals surface area (Å²) < 4.78 is 13.1. The molecule has 2 rings (SSSR count). The van der Waals surface area contributed by atoms with Crippen LogP contribution < -0.4 is 5.32 Å². The topological polar surface area (TPSA) is 12.0 Å². The zero-order valence-electron chi connectivity index (χ0n) is 9.18. The van der Waals surface area contributed by atoms with Crippen LogP contribution in [0, 0.1) is 5.82 Å². The fourth-order valence-electron chi connectivity index (χ4n) is 1.57. The van der Waals surface area contributed by atoms with Gasteiger partial charge in [0, 0.05) is 11.6 Å². The summed E-state index contributed by atoms with van der Waals surface area (Å²) in [5, 5.41) is 4.46. The van der Waals surface area contributed by atoms with Crippen molar-refractivity contribution in [2.24, 2.45) is 0 Å². The molecule has 0 saturated heterocycles. The number of halogens is 4. The van der Waals surface area contributed by atoms with Gasteiger partial charge in [0.05, 0.1) is 15.7 Å². The molecule has 2 aromatic carbocycles. The average Bonchev–Trinajstić information content (AvgIpc) is 2.27. The van der Waals surface area contributed by atoms with E-state index in [2.05, 4.69) is 5.32 Å². The Hall–Kier alpha value is -0.960. The summed E-state index contributed by atoms with van der Waals surface area (Å²) in [4.78, 5) is 0. The molecule has 0 unspecified atom stereocenters. The molecule has 0 radical (unpaired) electrons. The summed E-state index contributed by atoms with van der Waals surface area (Å²) in [6, 6.07) is 9.57. The lowest BCUT2D eigenvalue weighted by Gasteiger charge is -2.10. The lowest BCUT2D eigenvalue weighted by Crippen LogP contribution is -2.01. The van der Waals surface area contributed by atoms with Crippen LogP contribution in [0.4, 0.5) is 10.1 Å². The SMILES string of the molecule is Fc1cc(Cl)cc(CNc2c(Cl)cccc2Cl)c1. The van der Waals surface area contributed by atoms with Crippen LogP contribution in [-0.4, -0.2) is 0 Å². The van der Waals surface area contributed by atoms with Gasteiger partial charge in [0.1, 0.15) is 5.82 Å². The second kappa shape index (κ2) is 5.79. The van der Waals surface area contributed by atoms with Gasteiger partial charge in [0.25, 0.3) is 0 Å². The number of nitrogens with one attached hydrogen (secondary N) is 1. The Morgan fingerprint density at radius 2 is 1.67 bits per heavy atom. The van der Waals surface area contributed by atoms with Gasteiger partial charge in [0.15, 0.2) is 0 Å². The third kappa shape index (κ3) is 3.29. The second-order valence-corrected chi connectivity index (χ2v) is 4.98. The van der Waals surface area contributed by atoms with E-state index in [1.807, 2.05) is 0 Å². The molecule has 0 bridgehead atoms. The molecule has 0 aromatic heterocycles. The molecular weight excluding hydrogens is 296 g/mol. The number of anilines is 1. The molecule has 0 spiro atoms. The molecule has 1 N–H and O–H groups in total. The maximum absolute atomic E-state index is 13.1. The molecule has 0 saturated carbocycles. The van der Waals surface area contributed by atoms with Crippen molar-refractivity contribution in [1.82, 2.24) is 0 Å². The molecule has 0 aliphatic carbocycles. The quantitative estimate of drug-likeness (QED) is 0.800. The molecule has 5 heteroatoms. The minimum atomic E-state index is -0.371. The van der Waals surface area contributed by atoms with Crippen LogP contribution in [-0.2, 0) is 6.54 Å². The van der Waals surface area contributed by atoms with Gasteiger partial charge in [-0.2, -0.15) is 0 Å². The highest BCUT2D eigenvalue weighted by Crippen LogP contribution is 2.30. The van der Waals surface area contributed by atoms with Gasteiger partial charge in [-0.25, -0.2) is 4.39 Å². The average molecular weight is 305 g/mol. The maximum atomic E-state index is 13.1. The van der Waals surface area contributed by atoms with E-state index in [0.717, 1.165) is 5.56 Å². The lowest BCUT2D eigenvalue weighted by atomic mass is 10.2. The van der Waals surface area contributed by atoms with E-state index in [1.54, 1.807) is 24.3 Å². The van der Waals surface area contributed by atoms with Crippen molar-refractivity contribution >= 4 is 40.5 Å². The first-order valence-corrected chi connectivity index (χ1v) is 6.32. The Morgan fingerprint density at radius 1 is 1.00 bits per heavy atom. The van der Waals surface area contributed by atoms with E-state index >= 15 is 0 Å². The van der Waals surface area contributed by atoms with Crippen molar-refractivity contribution < 1.29 is 4.39 Å². The maximum Gasteiger partial charge on any atom is 0.125 e. The van der Waals surface area contributed by atoms with E-state index in [0.29, 0.717) is 27.3 Å². The number of para-hydroxylation sites is 1. The molecule has 0 atom stereocenters. The summed E-state index contributed by atoms with van der Waals surface area (Å²) in [7, 11) is 0. The Labute approximate surface area is 119 Å². The van der Waals surface area contributed by atoms with Crippen LogP contribution in [0.3, 0.4) is 0 Å². The third-order valence-electron chi connectivity index (χ3n) is 2.35. The fourth-order valence-corrected chi connectivity index (χ4v) is 2.35. The predicted octanol–water partition coefficient (Wildman–Crippen LogP) is 5.40. The molecule has 0 fully saturated rings. The van der Waals surface area contributed by atoms with Crippen molar-refractivity contribution in [3.63, 3.8) is 0 Å². The van der Waals surface area contributed by atoms with Gasteiger partial charge < -0.3 is 5.32 Å². The standard InChI is InChI=1S/C13H9Cl3FN/c14-9-4-8(5-10(17)6-9)7-18-13-11(15)2-1-3-12(13)16/h1-6,18H,7H2. The Bertz CT molecular complexity index is 532. The van der Waals surface area contributed by atoms with Crippen LogP contribution >= 0.6 is 34.8 Å². The number of rotatable bonds is 3. The number of benzene rings is 2. The van der Waals surface area contributed by atoms with E-state index in [-0.39, 0.29) is 5.82 Å². The molecule has 0 aliphatic rings. The van der Waals surface area contributed by atoms with Crippen molar-refractivity contribution in [3.05, 3.63) is 62.8 Å². The summed E-state index contributed by atoms with van der Waals surface area (Å²) >= 11 is 17.8. The van der Waals surface area contributed by atoms with Gasteiger partial charge in [-0.1, -0.05) is 40.9 Å². The zero-order valence-corrected chi connectivity index (χ0v) is 11.5. The first-order valence-electron chi connectivity index (χ1n) is 5.19. The molecule has 94 valence electrons. The third-order valence-corrected chi connectivity index (χ3v) is 3.20. The Balaban J connectivity index is 2.16. The van der Waals surface area contributed by atoms with Gasteiger partial charge >= 0.3 is 0 Å². The summed E-state index contributed by atoms with van der Waals surface area (Å²) in [5.41, 5.74) is 1.34. The molecule has 0 amide bonds. The van der Waals surface area contributed by atoms with Crippen LogP contribution in [0.1, 0.15) is 5.56 Å². The summed E-state index contributed by atoms with van der Waals surface area (Å²) in [6.45, 7) is 0.390. The molecule has 18 heavy (non-hydrogen) atoms. The lowest BCUT2D eigenvalue weighted by molar-refractivity contribution is 0.626. The second-order valence-electron chi connectivity index (χ2n) is 3.73. The van der Waals surface area contributed by atoms with Crippen molar-refractivity contribution in [1.29, 1.82) is 0 Å². The smallest absolute Gasteiger partial charge is 0.125 e. The molecule has 0 aliphatic heterocycles.